The lowest BCUT2D eigenvalue weighted by atomic mass is 10.2. The largest absolute Gasteiger partial charge is 0.497 e. The molecule has 0 fully saturated rings. The van der Waals surface area contributed by atoms with E-state index >= 15 is 0 Å². The number of methoxy groups -OCH3 is 1. The van der Waals surface area contributed by atoms with E-state index in [-0.39, 0.29) is 23.8 Å². The van der Waals surface area contributed by atoms with Crippen LogP contribution in [0.25, 0.3) is 17.1 Å². The number of aromatic nitrogens is 3. The molecule has 0 unspecified atom stereocenters. The summed E-state index contributed by atoms with van der Waals surface area (Å²) in [4.78, 5) is 17.2. The zero-order valence-electron chi connectivity index (χ0n) is 18.4. The molecule has 0 aliphatic carbocycles. The number of benzene rings is 3. The Kier molecular flexibility index (Phi) is 6.35. The number of amides is 1. The maximum Gasteiger partial charge on any atom is 0.336 e. The summed E-state index contributed by atoms with van der Waals surface area (Å²) in [5, 5.41) is 7.34. The highest BCUT2D eigenvalue weighted by Crippen LogP contribution is 2.26. The van der Waals surface area contributed by atoms with Gasteiger partial charge in [0.25, 0.3) is 5.91 Å². The van der Waals surface area contributed by atoms with Crippen LogP contribution in [-0.2, 0) is 0 Å². The minimum absolute atomic E-state index is 0.130. The average molecular weight is 446 g/mol. The van der Waals surface area contributed by atoms with Crippen LogP contribution in [-0.4, -0.2) is 33.9 Å². The molecular formula is C25H23FN4O3. The summed E-state index contributed by atoms with van der Waals surface area (Å²) in [6, 6.07) is 20.3. The van der Waals surface area contributed by atoms with Crippen molar-refractivity contribution in [2.24, 2.45) is 0 Å². The summed E-state index contributed by atoms with van der Waals surface area (Å²) in [5.74, 6) is 0.351. The molecule has 8 heteroatoms. The van der Waals surface area contributed by atoms with Crippen LogP contribution >= 0.6 is 0 Å². The lowest BCUT2D eigenvalue weighted by molar-refractivity contribution is 0.102. The van der Waals surface area contributed by atoms with Gasteiger partial charge in [-0.25, -0.2) is 9.07 Å². The smallest absolute Gasteiger partial charge is 0.336 e. The van der Waals surface area contributed by atoms with Gasteiger partial charge in [-0.1, -0.05) is 24.3 Å². The molecule has 0 aliphatic rings. The molecule has 4 aromatic rings. The maximum absolute atomic E-state index is 13.9. The SMILES string of the molecule is COc1cccc(C(=O)Nc2cccc(-n3nc(OC(C)C)nc3-c3cccc(F)c3)c2)c1. The molecular weight excluding hydrogens is 423 g/mol. The number of nitrogens with zero attached hydrogens (tertiary/aromatic N) is 3. The van der Waals surface area contributed by atoms with Gasteiger partial charge >= 0.3 is 6.01 Å². The topological polar surface area (TPSA) is 78.3 Å². The second-order valence-corrected chi connectivity index (χ2v) is 7.54. The van der Waals surface area contributed by atoms with Gasteiger partial charge in [0, 0.05) is 16.8 Å². The molecule has 1 amide bonds. The molecule has 0 bridgehead atoms. The number of anilines is 1. The molecule has 1 aromatic heterocycles. The van der Waals surface area contributed by atoms with E-state index in [0.29, 0.717) is 34.1 Å². The van der Waals surface area contributed by atoms with Crippen molar-refractivity contribution < 1.29 is 18.7 Å². The van der Waals surface area contributed by atoms with Gasteiger partial charge in [0.05, 0.1) is 18.9 Å². The van der Waals surface area contributed by atoms with Crippen molar-refractivity contribution in [3.63, 3.8) is 0 Å². The standard InChI is InChI=1S/C25H23FN4O3/c1-16(2)33-25-28-23(17-7-4-9-19(26)13-17)30(29-25)21-11-6-10-20(15-21)27-24(31)18-8-5-12-22(14-18)32-3/h4-16H,1-3H3,(H,27,31). The van der Waals surface area contributed by atoms with Crippen LogP contribution in [0.3, 0.4) is 0 Å². The first kappa shape index (κ1) is 22.0. The molecule has 168 valence electrons. The van der Waals surface area contributed by atoms with Crippen molar-refractivity contribution in [3.05, 3.63) is 84.2 Å². The summed E-state index contributed by atoms with van der Waals surface area (Å²) < 4.78 is 26.3. The Morgan fingerprint density at radius 2 is 1.82 bits per heavy atom. The quantitative estimate of drug-likeness (QED) is 0.426. The maximum atomic E-state index is 13.9. The summed E-state index contributed by atoms with van der Waals surface area (Å²) >= 11 is 0. The molecule has 3 aromatic carbocycles. The number of carbonyl (C=O) groups is 1. The van der Waals surface area contributed by atoms with Gasteiger partial charge in [0.1, 0.15) is 11.6 Å². The zero-order valence-corrected chi connectivity index (χ0v) is 18.4. The third-order valence-corrected chi connectivity index (χ3v) is 4.69. The lowest BCUT2D eigenvalue weighted by Crippen LogP contribution is -2.12. The molecule has 0 saturated carbocycles. The predicted octanol–water partition coefficient (Wildman–Crippen LogP) is 5.12. The number of carbonyl (C=O) groups excluding carboxylic acids is 1. The van der Waals surface area contributed by atoms with Crippen LogP contribution in [0, 0.1) is 5.82 Å². The van der Waals surface area contributed by atoms with E-state index in [0.717, 1.165) is 0 Å². The number of nitrogens with one attached hydrogen (secondary N) is 1. The summed E-state index contributed by atoms with van der Waals surface area (Å²) in [5.41, 5.74) is 2.21. The van der Waals surface area contributed by atoms with Crippen molar-refractivity contribution in [1.82, 2.24) is 14.8 Å². The molecule has 1 heterocycles. The summed E-state index contributed by atoms with van der Waals surface area (Å²) in [6.45, 7) is 3.74. The van der Waals surface area contributed by atoms with E-state index in [1.807, 2.05) is 19.9 Å². The molecule has 33 heavy (non-hydrogen) atoms. The van der Waals surface area contributed by atoms with Crippen LogP contribution < -0.4 is 14.8 Å². The molecule has 0 atom stereocenters. The van der Waals surface area contributed by atoms with Crippen LogP contribution in [0.15, 0.2) is 72.8 Å². The van der Waals surface area contributed by atoms with Crippen molar-refractivity contribution in [1.29, 1.82) is 0 Å². The van der Waals surface area contributed by atoms with Gasteiger partial charge in [-0.15, -0.1) is 5.10 Å². The fourth-order valence-corrected chi connectivity index (χ4v) is 3.23. The van der Waals surface area contributed by atoms with Crippen molar-refractivity contribution >= 4 is 11.6 Å². The Hall–Kier alpha value is -4.20. The first-order valence-corrected chi connectivity index (χ1v) is 10.4. The van der Waals surface area contributed by atoms with Crippen LogP contribution in [0.5, 0.6) is 11.8 Å². The summed E-state index contributed by atoms with van der Waals surface area (Å²) in [6.07, 6.45) is -0.130. The van der Waals surface area contributed by atoms with Crippen LogP contribution in [0.2, 0.25) is 0 Å². The van der Waals surface area contributed by atoms with E-state index in [2.05, 4.69) is 15.4 Å². The third-order valence-electron chi connectivity index (χ3n) is 4.69. The third kappa shape index (κ3) is 5.17. The monoisotopic (exact) mass is 446 g/mol. The van der Waals surface area contributed by atoms with Gasteiger partial charge in [0.15, 0.2) is 5.82 Å². The fraction of sp³-hybridized carbons (Fsp3) is 0.160. The first-order valence-electron chi connectivity index (χ1n) is 10.4. The normalized spacial score (nSPS) is 10.8. The Balaban J connectivity index is 1.68. The van der Waals surface area contributed by atoms with Gasteiger partial charge < -0.3 is 14.8 Å². The Bertz CT molecular complexity index is 1290. The fourth-order valence-electron chi connectivity index (χ4n) is 3.23. The van der Waals surface area contributed by atoms with Crippen LogP contribution in [0.4, 0.5) is 10.1 Å². The van der Waals surface area contributed by atoms with Gasteiger partial charge in [-0.3, -0.25) is 4.79 Å². The lowest BCUT2D eigenvalue weighted by Gasteiger charge is -2.10. The van der Waals surface area contributed by atoms with E-state index in [1.165, 1.54) is 12.1 Å². The second kappa shape index (κ2) is 9.52. The number of hydrogen-bond acceptors (Lipinski definition) is 5. The second-order valence-electron chi connectivity index (χ2n) is 7.54. The zero-order chi connectivity index (χ0) is 23.4. The molecule has 0 saturated heterocycles. The first-order chi connectivity index (χ1) is 15.9. The van der Waals surface area contributed by atoms with Crippen LogP contribution in [0.1, 0.15) is 24.2 Å². The van der Waals surface area contributed by atoms with E-state index in [9.17, 15) is 9.18 Å². The molecule has 4 rings (SSSR count). The molecule has 0 spiro atoms. The summed E-state index contributed by atoms with van der Waals surface area (Å²) in [7, 11) is 1.55. The Morgan fingerprint density at radius 3 is 2.58 bits per heavy atom. The number of rotatable bonds is 7. The highest BCUT2D eigenvalue weighted by molar-refractivity contribution is 6.04. The number of hydrogen-bond donors (Lipinski definition) is 1. The van der Waals surface area contributed by atoms with E-state index in [4.69, 9.17) is 9.47 Å². The van der Waals surface area contributed by atoms with Crippen molar-refractivity contribution in [3.8, 4) is 28.8 Å². The minimum atomic E-state index is -0.382. The molecule has 1 N–H and O–H groups in total. The van der Waals surface area contributed by atoms with Crippen molar-refractivity contribution in [2.75, 3.05) is 12.4 Å². The Labute approximate surface area is 190 Å². The molecule has 7 nitrogen and oxygen atoms in total. The highest BCUT2D eigenvalue weighted by atomic mass is 19.1. The van der Waals surface area contributed by atoms with Gasteiger partial charge in [-0.05, 0) is 62.4 Å². The predicted molar refractivity (Wildman–Crippen MR) is 123 cm³/mol. The average Bonchev–Trinajstić information content (AvgIpc) is 3.22. The number of ether oxygens (including phenoxy) is 2. The van der Waals surface area contributed by atoms with Gasteiger partial charge in [-0.2, -0.15) is 4.98 Å². The molecule has 0 radical (unpaired) electrons. The van der Waals surface area contributed by atoms with Gasteiger partial charge in [0.2, 0.25) is 0 Å². The van der Waals surface area contributed by atoms with E-state index in [1.54, 1.807) is 66.4 Å². The number of halogens is 1. The highest BCUT2D eigenvalue weighted by Gasteiger charge is 2.17. The Morgan fingerprint density at radius 1 is 1.03 bits per heavy atom. The minimum Gasteiger partial charge on any atom is -0.497 e. The van der Waals surface area contributed by atoms with E-state index < -0.39 is 0 Å². The molecule has 0 aliphatic heterocycles. The van der Waals surface area contributed by atoms with Crippen molar-refractivity contribution in [2.45, 2.75) is 20.0 Å².